The summed E-state index contributed by atoms with van der Waals surface area (Å²) in [5, 5.41) is 3.88. The number of pyridine rings is 1. The standard InChI is InChI=1S/C16H17N3O3/c1-10(12-5-6-12)8-14(20)21-11(2)16-18-15(19-22-16)13-4-3-7-17-9-13/h3-4,7-9,11-12H,5-6H2,1-2H3/b10-8-/t11-/m1/s1. The van der Waals surface area contributed by atoms with Gasteiger partial charge >= 0.3 is 5.97 Å². The molecule has 2 aromatic heterocycles. The third kappa shape index (κ3) is 3.39. The summed E-state index contributed by atoms with van der Waals surface area (Å²) in [5.41, 5.74) is 1.82. The number of carbonyl (C=O) groups is 1. The average molecular weight is 299 g/mol. The smallest absolute Gasteiger partial charge is 0.331 e. The quantitative estimate of drug-likeness (QED) is 0.623. The van der Waals surface area contributed by atoms with Crippen LogP contribution in [-0.2, 0) is 9.53 Å². The van der Waals surface area contributed by atoms with Gasteiger partial charge in [0.05, 0.1) is 0 Å². The summed E-state index contributed by atoms with van der Waals surface area (Å²) in [7, 11) is 0. The number of hydrogen-bond donors (Lipinski definition) is 0. The Morgan fingerprint density at radius 3 is 3.00 bits per heavy atom. The molecule has 114 valence electrons. The second-order valence-corrected chi connectivity index (χ2v) is 5.44. The second kappa shape index (κ2) is 6.09. The Balaban J connectivity index is 1.65. The summed E-state index contributed by atoms with van der Waals surface area (Å²) in [6, 6.07) is 3.63. The van der Waals surface area contributed by atoms with Crippen LogP contribution in [-0.4, -0.2) is 21.1 Å². The third-order valence-electron chi connectivity index (χ3n) is 3.57. The molecule has 6 heteroatoms. The highest BCUT2D eigenvalue weighted by Crippen LogP contribution is 2.36. The van der Waals surface area contributed by atoms with E-state index in [-0.39, 0.29) is 11.9 Å². The lowest BCUT2D eigenvalue weighted by Gasteiger charge is -2.07. The number of aromatic nitrogens is 3. The molecule has 1 fully saturated rings. The fraction of sp³-hybridized carbons (Fsp3) is 0.375. The molecule has 2 aromatic rings. The zero-order valence-corrected chi connectivity index (χ0v) is 12.5. The van der Waals surface area contributed by atoms with Crippen molar-refractivity contribution in [2.45, 2.75) is 32.8 Å². The Labute approximate surface area is 128 Å². The van der Waals surface area contributed by atoms with Gasteiger partial charge in [0, 0.05) is 24.0 Å². The molecule has 1 aliphatic rings. The van der Waals surface area contributed by atoms with Crippen molar-refractivity contribution in [1.29, 1.82) is 0 Å². The van der Waals surface area contributed by atoms with E-state index in [0.29, 0.717) is 11.7 Å². The number of rotatable bonds is 5. The van der Waals surface area contributed by atoms with Crippen molar-refractivity contribution in [2.75, 3.05) is 0 Å². The molecule has 1 aliphatic carbocycles. The number of carbonyl (C=O) groups excluding carboxylic acids is 1. The van der Waals surface area contributed by atoms with Crippen molar-refractivity contribution in [2.24, 2.45) is 5.92 Å². The predicted molar refractivity (Wildman–Crippen MR) is 78.5 cm³/mol. The normalized spacial score (nSPS) is 16.4. The van der Waals surface area contributed by atoms with Gasteiger partial charge in [0.25, 0.3) is 5.89 Å². The van der Waals surface area contributed by atoms with Gasteiger partial charge in [0.1, 0.15) is 0 Å². The monoisotopic (exact) mass is 299 g/mol. The minimum absolute atomic E-state index is 0.268. The summed E-state index contributed by atoms with van der Waals surface area (Å²) in [4.78, 5) is 20.1. The largest absolute Gasteiger partial charge is 0.449 e. The molecule has 0 unspecified atom stereocenters. The molecule has 0 aliphatic heterocycles. The van der Waals surface area contributed by atoms with Crippen molar-refractivity contribution in [3.05, 3.63) is 42.1 Å². The van der Waals surface area contributed by atoms with Gasteiger partial charge in [-0.25, -0.2) is 4.79 Å². The van der Waals surface area contributed by atoms with Gasteiger partial charge in [-0.2, -0.15) is 4.98 Å². The van der Waals surface area contributed by atoms with E-state index >= 15 is 0 Å². The number of esters is 1. The SMILES string of the molecule is C/C(=C/C(=O)O[C@H](C)c1nc(-c2cccnc2)no1)C1CC1. The number of nitrogens with zero attached hydrogens (tertiary/aromatic N) is 3. The van der Waals surface area contributed by atoms with Gasteiger partial charge in [-0.1, -0.05) is 10.7 Å². The Bertz CT molecular complexity index is 690. The first-order valence-corrected chi connectivity index (χ1v) is 7.26. The molecule has 6 nitrogen and oxygen atoms in total. The van der Waals surface area contributed by atoms with Crippen molar-refractivity contribution in [1.82, 2.24) is 15.1 Å². The maximum atomic E-state index is 11.8. The maximum Gasteiger partial charge on any atom is 0.331 e. The highest BCUT2D eigenvalue weighted by molar-refractivity contribution is 5.83. The summed E-state index contributed by atoms with van der Waals surface area (Å²) in [5.74, 6) is 0.863. The molecule has 3 rings (SSSR count). The number of allylic oxidation sites excluding steroid dienone is 1. The van der Waals surface area contributed by atoms with E-state index in [1.54, 1.807) is 31.5 Å². The van der Waals surface area contributed by atoms with E-state index in [4.69, 9.17) is 9.26 Å². The molecule has 0 saturated heterocycles. The first-order valence-electron chi connectivity index (χ1n) is 7.26. The van der Waals surface area contributed by atoms with Gasteiger partial charge in [0.15, 0.2) is 6.10 Å². The van der Waals surface area contributed by atoms with Gasteiger partial charge in [0.2, 0.25) is 5.82 Å². The zero-order chi connectivity index (χ0) is 15.5. The van der Waals surface area contributed by atoms with E-state index in [9.17, 15) is 4.79 Å². The van der Waals surface area contributed by atoms with E-state index in [0.717, 1.165) is 24.0 Å². The van der Waals surface area contributed by atoms with Crippen molar-refractivity contribution >= 4 is 5.97 Å². The lowest BCUT2D eigenvalue weighted by Crippen LogP contribution is -2.07. The van der Waals surface area contributed by atoms with Crippen LogP contribution >= 0.6 is 0 Å². The lowest BCUT2D eigenvalue weighted by atomic mass is 10.2. The number of hydrogen-bond acceptors (Lipinski definition) is 6. The van der Waals surface area contributed by atoms with Gasteiger partial charge in [-0.15, -0.1) is 0 Å². The fourth-order valence-corrected chi connectivity index (χ4v) is 2.11. The van der Waals surface area contributed by atoms with Crippen LogP contribution in [0.2, 0.25) is 0 Å². The molecule has 0 radical (unpaired) electrons. The average Bonchev–Trinajstić information content (AvgIpc) is 3.25. The Morgan fingerprint density at radius 1 is 1.50 bits per heavy atom. The minimum Gasteiger partial charge on any atom is -0.449 e. The minimum atomic E-state index is -0.589. The topological polar surface area (TPSA) is 78.1 Å². The van der Waals surface area contributed by atoms with Crippen LogP contribution in [0.4, 0.5) is 0 Å². The molecule has 0 aromatic carbocycles. The molecule has 1 atom stereocenters. The van der Waals surface area contributed by atoms with E-state index in [1.807, 2.05) is 13.0 Å². The van der Waals surface area contributed by atoms with Crippen LogP contribution in [0.3, 0.4) is 0 Å². The Hall–Kier alpha value is -2.50. The molecule has 0 amide bonds. The number of ether oxygens (including phenoxy) is 1. The second-order valence-electron chi connectivity index (χ2n) is 5.44. The van der Waals surface area contributed by atoms with E-state index < -0.39 is 6.10 Å². The molecule has 0 spiro atoms. The van der Waals surface area contributed by atoms with Crippen LogP contribution in [0.15, 0.2) is 40.7 Å². The summed E-state index contributed by atoms with van der Waals surface area (Å²) in [6.07, 6.45) is 6.59. The third-order valence-corrected chi connectivity index (χ3v) is 3.57. The maximum absolute atomic E-state index is 11.8. The van der Waals surface area contributed by atoms with Crippen molar-refractivity contribution in [3.8, 4) is 11.4 Å². The van der Waals surface area contributed by atoms with Crippen molar-refractivity contribution < 1.29 is 14.1 Å². The molecule has 0 bridgehead atoms. The summed E-state index contributed by atoms with van der Waals surface area (Å²) >= 11 is 0. The van der Waals surface area contributed by atoms with Crippen LogP contribution in [0.5, 0.6) is 0 Å². The zero-order valence-electron chi connectivity index (χ0n) is 12.5. The molecular weight excluding hydrogens is 282 g/mol. The van der Waals surface area contributed by atoms with E-state index in [1.165, 1.54) is 0 Å². The first-order chi connectivity index (χ1) is 10.6. The van der Waals surface area contributed by atoms with Crippen LogP contribution < -0.4 is 0 Å². The Morgan fingerprint density at radius 2 is 2.32 bits per heavy atom. The van der Waals surface area contributed by atoms with E-state index in [2.05, 4.69) is 15.1 Å². The van der Waals surface area contributed by atoms with Crippen LogP contribution in [0.25, 0.3) is 11.4 Å². The molecule has 2 heterocycles. The van der Waals surface area contributed by atoms with Gasteiger partial charge in [-0.05, 0) is 44.7 Å². The van der Waals surface area contributed by atoms with Gasteiger partial charge < -0.3 is 9.26 Å². The summed E-state index contributed by atoms with van der Waals surface area (Å²) in [6.45, 7) is 3.66. The molecule has 1 saturated carbocycles. The summed E-state index contributed by atoms with van der Waals surface area (Å²) < 4.78 is 10.5. The highest BCUT2D eigenvalue weighted by atomic mass is 16.6. The molecule has 0 N–H and O–H groups in total. The van der Waals surface area contributed by atoms with Gasteiger partial charge in [-0.3, -0.25) is 4.98 Å². The molecular formula is C16H17N3O3. The highest BCUT2D eigenvalue weighted by Gasteiger charge is 2.24. The van der Waals surface area contributed by atoms with Crippen molar-refractivity contribution in [3.63, 3.8) is 0 Å². The first kappa shape index (κ1) is 14.4. The Kier molecular flexibility index (Phi) is 4.00. The molecule has 22 heavy (non-hydrogen) atoms. The van der Waals surface area contributed by atoms with Crippen LogP contribution in [0.1, 0.15) is 38.7 Å². The lowest BCUT2D eigenvalue weighted by molar-refractivity contribution is -0.143. The van der Waals surface area contributed by atoms with Crippen LogP contribution in [0, 0.1) is 5.92 Å². The predicted octanol–water partition coefficient (Wildman–Crippen LogP) is 3.09. The fourth-order valence-electron chi connectivity index (χ4n) is 2.11.